The van der Waals surface area contributed by atoms with Gasteiger partial charge in [0.25, 0.3) is 0 Å². The number of carboxylic acids is 1. The van der Waals surface area contributed by atoms with Crippen molar-refractivity contribution in [2.45, 2.75) is 50.9 Å². The smallest absolute Gasteiger partial charge is 0.475 e. The van der Waals surface area contributed by atoms with Crippen LogP contribution in [0.5, 0.6) is 0 Å². The fourth-order valence-electron chi connectivity index (χ4n) is 3.93. The molecule has 2 aromatic carbocycles. The van der Waals surface area contributed by atoms with Crippen molar-refractivity contribution < 1.29 is 27.9 Å². The number of aliphatic carboxylic acids is 1. The van der Waals surface area contributed by atoms with E-state index in [0.717, 1.165) is 37.0 Å². The van der Waals surface area contributed by atoms with E-state index in [1.165, 1.54) is 10.9 Å². The maximum atomic E-state index is 12.2. The molecule has 4 rings (SSSR count). The second kappa shape index (κ2) is 11.9. The third kappa shape index (κ3) is 8.01. The molecule has 11 heteroatoms. The Labute approximate surface area is 211 Å². The molecule has 0 bridgehead atoms. The molecule has 1 aliphatic rings. The average Bonchev–Trinajstić information content (AvgIpc) is 2.80. The largest absolute Gasteiger partial charge is 0.490 e. The van der Waals surface area contributed by atoms with Crippen molar-refractivity contribution in [2.75, 3.05) is 10.6 Å². The van der Waals surface area contributed by atoms with Crippen molar-refractivity contribution in [3.63, 3.8) is 0 Å². The van der Waals surface area contributed by atoms with Crippen LogP contribution >= 0.6 is 11.6 Å². The van der Waals surface area contributed by atoms with E-state index < -0.39 is 12.1 Å². The molecule has 0 spiro atoms. The summed E-state index contributed by atoms with van der Waals surface area (Å²) in [6.07, 6.45) is -1.22. The third-order valence-corrected chi connectivity index (χ3v) is 5.90. The first kappa shape index (κ1) is 27.1. The number of carboxylic acid groups (broad SMARTS) is 1. The fourth-order valence-corrected chi connectivity index (χ4v) is 4.12. The highest BCUT2D eigenvalue weighted by Gasteiger charge is 2.38. The molecule has 0 unspecified atom stereocenters. The molecular weight excluding hydrogens is 497 g/mol. The number of hydrogen-bond donors (Lipinski definition) is 4. The Morgan fingerprint density at radius 2 is 1.64 bits per heavy atom. The number of urea groups is 1. The van der Waals surface area contributed by atoms with Gasteiger partial charge in [-0.3, -0.25) is 0 Å². The van der Waals surface area contributed by atoms with Crippen LogP contribution in [0.2, 0.25) is 5.02 Å². The third-order valence-electron chi connectivity index (χ3n) is 5.66. The van der Waals surface area contributed by atoms with Crippen LogP contribution in [-0.2, 0) is 4.79 Å². The number of nitrogens with zero attached hydrogens (tertiary/aromatic N) is 1. The molecule has 0 radical (unpaired) electrons. The molecule has 4 N–H and O–H groups in total. The van der Waals surface area contributed by atoms with Gasteiger partial charge < -0.3 is 21.1 Å². The number of para-hydroxylation sites is 1. The standard InChI is InChI=1S/C23H25ClN4O.C2HF3O2/c1-15-13-22(28-21-8-3-2-7-20(15)21)25-17-9-11-18(12-10-17)26-23(29)27-19-6-4-5-16(24)14-19;3-2(4,5)1(6)7/h2-8,13-14,17-18H,9-12H2,1H3,(H,25,28)(H2,26,27,29);(H,6,7)/t17-,18+;. The Bertz CT molecular complexity index is 1210. The summed E-state index contributed by atoms with van der Waals surface area (Å²) in [6, 6.07) is 17.9. The molecule has 3 aromatic rings. The van der Waals surface area contributed by atoms with Crippen LogP contribution in [0.3, 0.4) is 0 Å². The number of carbonyl (C=O) groups is 2. The Morgan fingerprint density at radius 1 is 1.00 bits per heavy atom. The van der Waals surface area contributed by atoms with Gasteiger partial charge in [0.2, 0.25) is 0 Å². The van der Waals surface area contributed by atoms with Crippen LogP contribution in [0.25, 0.3) is 10.9 Å². The van der Waals surface area contributed by atoms with E-state index >= 15 is 0 Å². The molecule has 0 saturated heterocycles. The van der Waals surface area contributed by atoms with E-state index in [4.69, 9.17) is 26.5 Å². The van der Waals surface area contributed by atoms with E-state index in [2.05, 4.69) is 35.0 Å². The van der Waals surface area contributed by atoms with Crippen molar-refractivity contribution in [1.29, 1.82) is 0 Å². The number of rotatable bonds is 4. The highest BCUT2D eigenvalue weighted by Crippen LogP contribution is 2.25. The van der Waals surface area contributed by atoms with E-state index in [0.29, 0.717) is 16.8 Å². The molecule has 1 fully saturated rings. The first-order valence-electron chi connectivity index (χ1n) is 11.3. The highest BCUT2D eigenvalue weighted by atomic mass is 35.5. The SMILES string of the molecule is Cc1cc(N[C@H]2CC[C@@H](NC(=O)Nc3cccc(Cl)c3)CC2)nc2ccccc12.O=C(O)C(F)(F)F. The van der Waals surface area contributed by atoms with E-state index in [1.54, 1.807) is 12.1 Å². The molecule has 2 amide bonds. The number of fused-ring (bicyclic) bond motifs is 1. The molecule has 192 valence electrons. The number of nitrogens with one attached hydrogen (secondary N) is 3. The molecule has 7 nitrogen and oxygen atoms in total. The van der Waals surface area contributed by atoms with Crippen molar-refractivity contribution in [2.24, 2.45) is 0 Å². The van der Waals surface area contributed by atoms with Gasteiger partial charge in [-0.25, -0.2) is 14.6 Å². The van der Waals surface area contributed by atoms with Crippen LogP contribution in [0.1, 0.15) is 31.2 Å². The molecule has 0 aliphatic heterocycles. The number of amides is 2. The Balaban J connectivity index is 0.000000454. The van der Waals surface area contributed by atoms with Gasteiger partial charge in [-0.1, -0.05) is 35.9 Å². The topological polar surface area (TPSA) is 103 Å². The van der Waals surface area contributed by atoms with Gasteiger partial charge in [0.05, 0.1) is 5.52 Å². The number of aromatic nitrogens is 1. The summed E-state index contributed by atoms with van der Waals surface area (Å²) in [5, 5.41) is 18.4. The summed E-state index contributed by atoms with van der Waals surface area (Å²) in [5.41, 5.74) is 2.94. The first-order valence-corrected chi connectivity index (χ1v) is 11.6. The number of alkyl halides is 3. The summed E-state index contributed by atoms with van der Waals surface area (Å²) >= 11 is 5.96. The maximum absolute atomic E-state index is 12.2. The number of carbonyl (C=O) groups excluding carboxylic acids is 1. The molecular formula is C25H26ClF3N4O3. The number of halogens is 4. The lowest BCUT2D eigenvalue weighted by Crippen LogP contribution is -2.42. The lowest BCUT2D eigenvalue weighted by Gasteiger charge is -2.30. The maximum Gasteiger partial charge on any atom is 0.490 e. The van der Waals surface area contributed by atoms with Crippen LogP contribution in [-0.4, -0.2) is 40.4 Å². The summed E-state index contributed by atoms with van der Waals surface area (Å²) in [4.78, 5) is 25.9. The Morgan fingerprint density at radius 3 is 2.28 bits per heavy atom. The van der Waals surface area contributed by atoms with E-state index in [9.17, 15) is 18.0 Å². The van der Waals surface area contributed by atoms with Crippen LogP contribution in [0, 0.1) is 6.92 Å². The van der Waals surface area contributed by atoms with Crippen molar-refractivity contribution in [1.82, 2.24) is 10.3 Å². The second-order valence-electron chi connectivity index (χ2n) is 8.45. The van der Waals surface area contributed by atoms with E-state index in [-0.39, 0.29) is 12.1 Å². The summed E-state index contributed by atoms with van der Waals surface area (Å²) < 4.78 is 31.7. The van der Waals surface area contributed by atoms with Gasteiger partial charge in [0.1, 0.15) is 5.82 Å². The van der Waals surface area contributed by atoms with Crippen LogP contribution in [0.4, 0.5) is 29.5 Å². The minimum absolute atomic E-state index is 0.179. The average molecular weight is 523 g/mol. The molecule has 1 aromatic heterocycles. The van der Waals surface area contributed by atoms with E-state index in [1.807, 2.05) is 30.3 Å². The predicted molar refractivity (Wildman–Crippen MR) is 133 cm³/mol. The zero-order valence-electron chi connectivity index (χ0n) is 19.4. The quantitative estimate of drug-likeness (QED) is 0.318. The van der Waals surface area contributed by atoms with Gasteiger partial charge in [0, 0.05) is 28.2 Å². The van der Waals surface area contributed by atoms with Gasteiger partial charge in [-0.05, 0) is 68.5 Å². The molecule has 36 heavy (non-hydrogen) atoms. The molecule has 1 heterocycles. The Hall–Kier alpha value is -3.53. The Kier molecular flexibility index (Phi) is 8.98. The van der Waals surface area contributed by atoms with Gasteiger partial charge in [-0.2, -0.15) is 13.2 Å². The zero-order chi connectivity index (χ0) is 26.3. The lowest BCUT2D eigenvalue weighted by molar-refractivity contribution is -0.192. The number of benzene rings is 2. The predicted octanol–water partition coefficient (Wildman–Crippen LogP) is 6.37. The number of anilines is 2. The minimum Gasteiger partial charge on any atom is -0.475 e. The highest BCUT2D eigenvalue weighted by molar-refractivity contribution is 6.30. The lowest BCUT2D eigenvalue weighted by atomic mass is 9.91. The number of aryl methyl sites for hydroxylation is 1. The van der Waals surface area contributed by atoms with Crippen molar-refractivity contribution in [3.8, 4) is 0 Å². The van der Waals surface area contributed by atoms with Crippen LogP contribution < -0.4 is 16.0 Å². The molecule has 0 atom stereocenters. The fraction of sp³-hybridized carbons (Fsp3) is 0.320. The van der Waals surface area contributed by atoms with Crippen molar-refractivity contribution in [3.05, 3.63) is 65.2 Å². The number of hydrogen-bond acceptors (Lipinski definition) is 4. The summed E-state index contributed by atoms with van der Waals surface area (Å²) in [7, 11) is 0. The minimum atomic E-state index is -5.08. The zero-order valence-corrected chi connectivity index (χ0v) is 20.2. The number of pyridine rings is 1. The first-order chi connectivity index (χ1) is 17.0. The monoisotopic (exact) mass is 522 g/mol. The van der Waals surface area contributed by atoms with Gasteiger partial charge >= 0.3 is 18.2 Å². The van der Waals surface area contributed by atoms with Crippen molar-refractivity contribution >= 4 is 46.0 Å². The van der Waals surface area contributed by atoms with Crippen LogP contribution in [0.15, 0.2) is 54.6 Å². The second-order valence-corrected chi connectivity index (χ2v) is 8.88. The normalized spacial score (nSPS) is 17.5. The molecule has 1 saturated carbocycles. The summed E-state index contributed by atoms with van der Waals surface area (Å²) in [6.45, 7) is 2.12. The van der Waals surface area contributed by atoms with Gasteiger partial charge in [0.15, 0.2) is 0 Å². The summed E-state index contributed by atoms with van der Waals surface area (Å²) in [5.74, 6) is -1.83. The molecule has 1 aliphatic carbocycles. The van der Waals surface area contributed by atoms with Gasteiger partial charge in [-0.15, -0.1) is 0 Å².